The van der Waals surface area contributed by atoms with Crippen molar-refractivity contribution in [3.63, 3.8) is 0 Å². The van der Waals surface area contributed by atoms with Gasteiger partial charge in [0, 0.05) is 18.1 Å². The minimum absolute atomic E-state index is 0.386. The first kappa shape index (κ1) is 19.8. The molecular weight excluding hydrogens is 404 g/mol. The molecule has 0 saturated heterocycles. The molecule has 3 aromatic carbocycles. The Balaban J connectivity index is 1.62. The maximum atomic E-state index is 10.8. The van der Waals surface area contributed by atoms with E-state index in [1.165, 1.54) is 0 Å². The number of nitrogens with zero attached hydrogens (tertiary/aromatic N) is 2. The Kier molecular flexibility index (Phi) is 5.86. The van der Waals surface area contributed by atoms with E-state index in [4.69, 9.17) is 25.9 Å². The first-order valence-corrected chi connectivity index (χ1v) is 9.73. The van der Waals surface area contributed by atoms with Gasteiger partial charge in [0.2, 0.25) is 0 Å². The SMILES string of the molecule is O=C(O)COc1cccc(CN(Cc2ccc(Cl)cc2)c2nc3ccccc3o2)c1. The second-order valence-corrected chi connectivity index (χ2v) is 7.21. The van der Waals surface area contributed by atoms with Crippen LogP contribution in [0.5, 0.6) is 5.75 Å². The number of halogens is 1. The molecule has 1 heterocycles. The zero-order valence-electron chi connectivity index (χ0n) is 16.0. The molecule has 6 nitrogen and oxygen atoms in total. The lowest BCUT2D eigenvalue weighted by molar-refractivity contribution is -0.139. The van der Waals surface area contributed by atoms with Crippen LogP contribution >= 0.6 is 11.6 Å². The normalized spacial score (nSPS) is 10.8. The van der Waals surface area contributed by atoms with Gasteiger partial charge in [0.25, 0.3) is 6.01 Å². The molecule has 0 aliphatic rings. The van der Waals surface area contributed by atoms with Crippen molar-refractivity contribution in [1.29, 1.82) is 0 Å². The first-order valence-electron chi connectivity index (χ1n) is 9.35. The van der Waals surface area contributed by atoms with E-state index >= 15 is 0 Å². The predicted octanol–water partition coefficient (Wildman–Crippen LogP) is 5.15. The summed E-state index contributed by atoms with van der Waals surface area (Å²) in [4.78, 5) is 17.4. The van der Waals surface area contributed by atoms with Crippen molar-refractivity contribution in [2.75, 3.05) is 11.5 Å². The van der Waals surface area contributed by atoms with E-state index in [2.05, 4.69) is 4.98 Å². The summed E-state index contributed by atoms with van der Waals surface area (Å²) >= 11 is 6.02. The van der Waals surface area contributed by atoms with Crippen LogP contribution in [-0.2, 0) is 17.9 Å². The Morgan fingerprint density at radius 1 is 1.00 bits per heavy atom. The third-order valence-electron chi connectivity index (χ3n) is 4.47. The van der Waals surface area contributed by atoms with Crippen molar-refractivity contribution >= 4 is 34.7 Å². The highest BCUT2D eigenvalue weighted by Gasteiger charge is 2.16. The van der Waals surface area contributed by atoms with Crippen LogP contribution in [-0.4, -0.2) is 22.7 Å². The van der Waals surface area contributed by atoms with Gasteiger partial charge in [0.1, 0.15) is 11.3 Å². The number of aromatic nitrogens is 1. The third-order valence-corrected chi connectivity index (χ3v) is 4.73. The van der Waals surface area contributed by atoms with E-state index in [0.717, 1.165) is 16.6 Å². The van der Waals surface area contributed by atoms with Crippen LogP contribution in [0, 0.1) is 0 Å². The van der Waals surface area contributed by atoms with E-state index in [1.807, 2.05) is 71.6 Å². The van der Waals surface area contributed by atoms with Crippen molar-refractivity contribution in [3.8, 4) is 5.75 Å². The summed E-state index contributed by atoms with van der Waals surface area (Å²) in [5, 5.41) is 9.50. The number of aliphatic carboxylic acids is 1. The van der Waals surface area contributed by atoms with Gasteiger partial charge in [-0.2, -0.15) is 4.98 Å². The molecule has 0 aliphatic carbocycles. The number of ether oxygens (including phenoxy) is 1. The highest BCUT2D eigenvalue weighted by Crippen LogP contribution is 2.26. The molecule has 0 saturated carbocycles. The number of carbonyl (C=O) groups is 1. The summed E-state index contributed by atoms with van der Waals surface area (Å²) in [7, 11) is 0. The number of para-hydroxylation sites is 2. The largest absolute Gasteiger partial charge is 0.482 e. The van der Waals surface area contributed by atoms with Crippen LogP contribution < -0.4 is 9.64 Å². The first-order chi connectivity index (χ1) is 14.6. The Morgan fingerprint density at radius 2 is 1.77 bits per heavy atom. The van der Waals surface area contributed by atoms with Crippen molar-refractivity contribution in [1.82, 2.24) is 4.98 Å². The van der Waals surface area contributed by atoms with Crippen LogP contribution in [0.15, 0.2) is 77.2 Å². The van der Waals surface area contributed by atoms with Crippen LogP contribution in [0.3, 0.4) is 0 Å². The number of rotatable bonds is 8. The zero-order valence-corrected chi connectivity index (χ0v) is 16.7. The van der Waals surface area contributed by atoms with Gasteiger partial charge in [-0.15, -0.1) is 0 Å². The van der Waals surface area contributed by atoms with Gasteiger partial charge < -0.3 is 19.2 Å². The number of anilines is 1. The lowest BCUT2D eigenvalue weighted by Gasteiger charge is -2.21. The molecule has 7 heteroatoms. The Morgan fingerprint density at radius 3 is 2.53 bits per heavy atom. The Bertz CT molecular complexity index is 1120. The van der Waals surface area contributed by atoms with Gasteiger partial charge in [-0.25, -0.2) is 4.79 Å². The third kappa shape index (κ3) is 4.90. The molecular formula is C23H19ClN2O4. The highest BCUT2D eigenvalue weighted by atomic mass is 35.5. The molecule has 4 aromatic rings. The van der Waals surface area contributed by atoms with Gasteiger partial charge in [0.05, 0.1) is 0 Å². The summed E-state index contributed by atoms with van der Waals surface area (Å²) in [5.41, 5.74) is 3.49. The average Bonchev–Trinajstić information content (AvgIpc) is 3.18. The van der Waals surface area contributed by atoms with E-state index in [0.29, 0.717) is 35.5 Å². The fourth-order valence-electron chi connectivity index (χ4n) is 3.10. The quantitative estimate of drug-likeness (QED) is 0.423. The molecule has 0 atom stereocenters. The van der Waals surface area contributed by atoms with Crippen LogP contribution in [0.1, 0.15) is 11.1 Å². The summed E-state index contributed by atoms with van der Waals surface area (Å²) in [6, 6.07) is 23.1. The molecule has 0 radical (unpaired) electrons. The summed E-state index contributed by atoms with van der Waals surface area (Å²) in [6.07, 6.45) is 0. The standard InChI is InChI=1S/C23H19ClN2O4/c24-18-10-8-16(9-11-18)13-26(23-25-20-6-1-2-7-21(20)30-23)14-17-4-3-5-19(12-17)29-15-22(27)28/h1-12H,13-15H2,(H,27,28). The summed E-state index contributed by atoms with van der Waals surface area (Å²) in [6.45, 7) is 0.674. The van der Waals surface area contributed by atoms with E-state index < -0.39 is 5.97 Å². The maximum Gasteiger partial charge on any atom is 0.341 e. The maximum absolute atomic E-state index is 10.8. The molecule has 152 valence electrons. The molecule has 0 bridgehead atoms. The molecule has 0 amide bonds. The molecule has 1 N–H and O–H groups in total. The van der Waals surface area contributed by atoms with Gasteiger partial charge in [-0.1, -0.05) is 48.0 Å². The van der Waals surface area contributed by atoms with Gasteiger partial charge in [-0.3, -0.25) is 0 Å². The fourth-order valence-corrected chi connectivity index (χ4v) is 3.22. The number of hydrogen-bond donors (Lipinski definition) is 1. The number of oxazole rings is 1. The lowest BCUT2D eigenvalue weighted by atomic mass is 10.1. The van der Waals surface area contributed by atoms with Crippen LogP contribution in [0.2, 0.25) is 5.02 Å². The molecule has 4 rings (SSSR count). The number of hydrogen-bond acceptors (Lipinski definition) is 5. The van der Waals surface area contributed by atoms with Crippen molar-refractivity contribution < 1.29 is 19.1 Å². The zero-order chi connectivity index (χ0) is 20.9. The number of carboxylic acids is 1. The number of benzene rings is 3. The smallest absolute Gasteiger partial charge is 0.341 e. The monoisotopic (exact) mass is 422 g/mol. The second kappa shape index (κ2) is 8.88. The molecule has 30 heavy (non-hydrogen) atoms. The minimum Gasteiger partial charge on any atom is -0.482 e. The fraction of sp³-hybridized carbons (Fsp3) is 0.130. The van der Waals surface area contributed by atoms with Crippen LogP contribution in [0.4, 0.5) is 6.01 Å². The van der Waals surface area contributed by atoms with E-state index in [-0.39, 0.29) is 6.61 Å². The molecule has 0 spiro atoms. The van der Waals surface area contributed by atoms with Crippen molar-refractivity contribution in [2.24, 2.45) is 0 Å². The topological polar surface area (TPSA) is 75.8 Å². The van der Waals surface area contributed by atoms with Crippen LogP contribution in [0.25, 0.3) is 11.1 Å². The number of fused-ring (bicyclic) bond motifs is 1. The minimum atomic E-state index is -1.02. The molecule has 1 aromatic heterocycles. The predicted molar refractivity (Wildman–Crippen MR) is 115 cm³/mol. The summed E-state index contributed by atoms with van der Waals surface area (Å²) in [5.74, 6) is -0.518. The van der Waals surface area contributed by atoms with E-state index in [9.17, 15) is 4.79 Å². The van der Waals surface area contributed by atoms with Gasteiger partial charge >= 0.3 is 5.97 Å². The van der Waals surface area contributed by atoms with Crippen molar-refractivity contribution in [3.05, 3.63) is 88.9 Å². The van der Waals surface area contributed by atoms with Crippen molar-refractivity contribution in [2.45, 2.75) is 13.1 Å². The average molecular weight is 423 g/mol. The molecule has 0 fully saturated rings. The van der Waals surface area contributed by atoms with E-state index in [1.54, 1.807) is 6.07 Å². The number of carboxylic acid groups (broad SMARTS) is 1. The molecule has 0 aliphatic heterocycles. The second-order valence-electron chi connectivity index (χ2n) is 6.78. The Hall–Kier alpha value is -3.51. The van der Waals surface area contributed by atoms with Gasteiger partial charge in [0.15, 0.2) is 12.2 Å². The summed E-state index contributed by atoms with van der Waals surface area (Å²) < 4.78 is 11.3. The van der Waals surface area contributed by atoms with Gasteiger partial charge in [-0.05, 0) is 47.5 Å². The Labute approximate surface area is 178 Å². The molecule has 0 unspecified atom stereocenters. The highest BCUT2D eigenvalue weighted by molar-refractivity contribution is 6.30. The lowest BCUT2D eigenvalue weighted by Crippen LogP contribution is -2.22.